The van der Waals surface area contributed by atoms with Gasteiger partial charge in [-0.25, -0.2) is 0 Å². The molecule has 6 heteroatoms. The summed E-state index contributed by atoms with van der Waals surface area (Å²) in [5, 5.41) is 10.7. The summed E-state index contributed by atoms with van der Waals surface area (Å²) in [5.74, 6) is -3.21. The molecule has 3 aromatic rings. The van der Waals surface area contributed by atoms with Crippen LogP contribution in [0.5, 0.6) is 5.75 Å². The van der Waals surface area contributed by atoms with Crippen molar-refractivity contribution in [3.05, 3.63) is 119 Å². The van der Waals surface area contributed by atoms with E-state index in [9.17, 15) is 24.3 Å². The number of amides is 2. The maximum Gasteiger partial charge on any atom is 0.233 e. The molecule has 0 radical (unpaired) electrons. The summed E-state index contributed by atoms with van der Waals surface area (Å²) in [6, 6.07) is 25.7. The van der Waals surface area contributed by atoms with Crippen LogP contribution in [-0.4, -0.2) is 39.4 Å². The molecule has 3 aromatic carbocycles. The van der Waals surface area contributed by atoms with Crippen molar-refractivity contribution in [2.24, 2.45) is 23.7 Å². The maximum absolute atomic E-state index is 15.0. The van der Waals surface area contributed by atoms with Gasteiger partial charge in [-0.05, 0) is 66.5 Å². The van der Waals surface area contributed by atoms with Crippen LogP contribution in [0.15, 0.2) is 103 Å². The lowest BCUT2D eigenvalue weighted by molar-refractivity contribution is -0.144. The molecule has 1 saturated heterocycles. The van der Waals surface area contributed by atoms with Gasteiger partial charge in [0.2, 0.25) is 11.8 Å². The molecule has 6 nitrogen and oxygen atoms in total. The Kier molecular flexibility index (Phi) is 6.93. The minimum atomic E-state index is -1.28. The third-order valence-corrected chi connectivity index (χ3v) is 11.6. The van der Waals surface area contributed by atoms with Gasteiger partial charge in [-0.15, -0.1) is 0 Å². The Morgan fingerprint density at radius 2 is 1.48 bits per heavy atom. The van der Waals surface area contributed by atoms with Crippen LogP contribution in [0.2, 0.25) is 0 Å². The van der Waals surface area contributed by atoms with Gasteiger partial charge in [-0.2, -0.15) is 0 Å². The lowest BCUT2D eigenvalue weighted by atomic mass is 9.44. The highest BCUT2D eigenvalue weighted by atomic mass is 16.3. The zero-order valence-corrected chi connectivity index (χ0v) is 25.7. The molecule has 3 fully saturated rings. The van der Waals surface area contributed by atoms with Gasteiger partial charge in [0.15, 0.2) is 11.6 Å². The van der Waals surface area contributed by atoms with Crippen LogP contribution >= 0.6 is 0 Å². The van der Waals surface area contributed by atoms with Crippen molar-refractivity contribution in [3.63, 3.8) is 0 Å². The average molecular weight is 612 g/mol. The normalized spacial score (nSPS) is 31.1. The Hall–Kier alpha value is -4.58. The molecule has 1 N–H and O–H groups in total. The number of benzene rings is 3. The van der Waals surface area contributed by atoms with E-state index in [0.29, 0.717) is 24.0 Å². The van der Waals surface area contributed by atoms with E-state index < -0.39 is 29.1 Å². The number of nitrogens with zero attached hydrogens (tertiary/aromatic N) is 1. The fourth-order valence-corrected chi connectivity index (χ4v) is 9.68. The first kappa shape index (κ1) is 28.9. The van der Waals surface area contributed by atoms with Crippen molar-refractivity contribution < 1.29 is 24.3 Å². The van der Waals surface area contributed by atoms with Gasteiger partial charge in [0.25, 0.3) is 0 Å². The van der Waals surface area contributed by atoms with Crippen molar-refractivity contribution in [1.29, 1.82) is 0 Å². The highest BCUT2D eigenvalue weighted by Gasteiger charge is 2.66. The first-order chi connectivity index (χ1) is 22.4. The van der Waals surface area contributed by atoms with E-state index in [0.717, 1.165) is 48.8 Å². The van der Waals surface area contributed by atoms with Crippen LogP contribution < -0.4 is 0 Å². The van der Waals surface area contributed by atoms with E-state index >= 15 is 0 Å². The van der Waals surface area contributed by atoms with Crippen LogP contribution in [-0.2, 0) is 24.6 Å². The number of hydrogen-bond donors (Lipinski definition) is 1. The van der Waals surface area contributed by atoms with Gasteiger partial charge < -0.3 is 5.11 Å². The van der Waals surface area contributed by atoms with Crippen molar-refractivity contribution in [3.8, 4) is 5.75 Å². The Balaban J connectivity index is 1.34. The summed E-state index contributed by atoms with van der Waals surface area (Å²) in [4.78, 5) is 59.8. The summed E-state index contributed by atoms with van der Waals surface area (Å²) < 4.78 is 0. The smallest absolute Gasteiger partial charge is 0.233 e. The second-order valence-corrected chi connectivity index (χ2v) is 13.7. The van der Waals surface area contributed by atoms with Gasteiger partial charge in [0.05, 0.1) is 17.3 Å². The second kappa shape index (κ2) is 11.0. The van der Waals surface area contributed by atoms with E-state index in [1.807, 2.05) is 66.7 Å². The maximum atomic E-state index is 15.0. The number of rotatable bonds is 4. The van der Waals surface area contributed by atoms with Crippen LogP contribution in [0, 0.1) is 23.7 Å². The Morgan fingerprint density at radius 3 is 2.20 bits per heavy atom. The molecule has 4 aliphatic carbocycles. The number of carbonyl (C=O) groups is 4. The van der Waals surface area contributed by atoms with Crippen molar-refractivity contribution in [2.45, 2.75) is 62.3 Å². The third-order valence-electron chi connectivity index (χ3n) is 11.6. The number of aromatic hydroxyl groups is 1. The Labute approximate surface area is 268 Å². The quantitative estimate of drug-likeness (QED) is 0.267. The summed E-state index contributed by atoms with van der Waals surface area (Å²) in [7, 11) is 0. The molecule has 6 atom stereocenters. The highest BCUT2D eigenvalue weighted by molar-refractivity contribution is 6.31. The molecule has 46 heavy (non-hydrogen) atoms. The van der Waals surface area contributed by atoms with Crippen LogP contribution in [0.3, 0.4) is 0 Å². The zero-order valence-electron chi connectivity index (χ0n) is 25.7. The number of allylic oxidation sites excluding steroid dienone is 4. The number of imide groups is 1. The SMILES string of the molecule is O=C1C(c2ccccc2)=CC(=O)C2(c3ccccc3)C1CC1C(=CCC3C(=O)N(C4CCCCC4)C(=O)C31)C2c1cccc(O)c1. The molecule has 2 amide bonds. The molecular formula is C40H37NO5. The first-order valence-corrected chi connectivity index (χ1v) is 16.7. The fourth-order valence-electron chi connectivity index (χ4n) is 9.68. The number of likely N-dealkylation sites (tertiary alicyclic amines) is 1. The molecule has 0 aromatic heterocycles. The minimum absolute atomic E-state index is 0.0674. The zero-order chi connectivity index (χ0) is 31.6. The highest BCUT2D eigenvalue weighted by Crippen LogP contribution is 2.63. The number of carbonyl (C=O) groups excluding carboxylic acids is 4. The molecule has 6 unspecified atom stereocenters. The van der Waals surface area contributed by atoms with Gasteiger partial charge in [-0.3, -0.25) is 24.1 Å². The third kappa shape index (κ3) is 4.15. The van der Waals surface area contributed by atoms with E-state index in [4.69, 9.17) is 0 Å². The van der Waals surface area contributed by atoms with Crippen LogP contribution in [0.1, 0.15) is 67.6 Å². The Bertz CT molecular complexity index is 1800. The summed E-state index contributed by atoms with van der Waals surface area (Å²) in [5.41, 5.74) is 2.19. The van der Waals surface area contributed by atoms with E-state index in [1.54, 1.807) is 23.1 Å². The molecule has 1 aliphatic heterocycles. The molecule has 5 aliphatic rings. The molecule has 2 saturated carbocycles. The summed E-state index contributed by atoms with van der Waals surface area (Å²) >= 11 is 0. The lowest BCUT2D eigenvalue weighted by Crippen LogP contribution is -2.58. The number of fused-ring (bicyclic) bond motifs is 4. The second-order valence-electron chi connectivity index (χ2n) is 13.7. The predicted molar refractivity (Wildman–Crippen MR) is 173 cm³/mol. The monoisotopic (exact) mass is 611 g/mol. The largest absolute Gasteiger partial charge is 0.508 e. The molecular weight excluding hydrogens is 574 g/mol. The van der Waals surface area contributed by atoms with Crippen LogP contribution in [0.25, 0.3) is 5.57 Å². The Morgan fingerprint density at radius 1 is 0.761 bits per heavy atom. The molecule has 8 rings (SSSR count). The lowest BCUT2D eigenvalue weighted by Gasteiger charge is -2.55. The van der Waals surface area contributed by atoms with Gasteiger partial charge in [-0.1, -0.05) is 104 Å². The molecule has 0 spiro atoms. The van der Waals surface area contributed by atoms with E-state index in [1.165, 1.54) is 6.08 Å². The van der Waals surface area contributed by atoms with Gasteiger partial charge in [0, 0.05) is 23.5 Å². The van der Waals surface area contributed by atoms with Crippen LogP contribution in [0.4, 0.5) is 0 Å². The molecule has 1 heterocycles. The van der Waals surface area contributed by atoms with Gasteiger partial charge >= 0.3 is 0 Å². The topological polar surface area (TPSA) is 91.8 Å². The number of hydrogen-bond acceptors (Lipinski definition) is 5. The summed E-state index contributed by atoms with van der Waals surface area (Å²) in [6.45, 7) is 0. The van der Waals surface area contributed by atoms with E-state index in [-0.39, 0.29) is 41.1 Å². The number of phenolic OH excluding ortho intramolecular Hbond substituents is 1. The van der Waals surface area contributed by atoms with Crippen molar-refractivity contribution >= 4 is 29.0 Å². The van der Waals surface area contributed by atoms with Crippen molar-refractivity contribution in [1.82, 2.24) is 4.90 Å². The minimum Gasteiger partial charge on any atom is -0.508 e. The first-order valence-electron chi connectivity index (χ1n) is 16.7. The standard InChI is InChI=1S/C40H37NO5/c42-28-18-10-13-25(21-28)36-29-19-20-30-35(39(46)41(38(30)45)27-16-8-3-9-17-27)32(29)22-33-37(44)31(24-11-4-1-5-12-24)23-34(43)40(33,36)26-14-6-2-7-15-26/h1-2,4-7,10-15,18-19,21,23,27,30,32-33,35-36,42H,3,8-9,16-17,20,22H2. The number of Topliss-reactive ketones (excluding diaryl/α,β-unsaturated/α-hetero) is 1. The summed E-state index contributed by atoms with van der Waals surface area (Å²) in [6.07, 6.45) is 9.15. The fraction of sp³-hybridized carbons (Fsp3) is 0.350. The van der Waals surface area contributed by atoms with Gasteiger partial charge in [0.1, 0.15) is 5.75 Å². The van der Waals surface area contributed by atoms with E-state index in [2.05, 4.69) is 6.08 Å². The molecule has 0 bridgehead atoms. The average Bonchev–Trinajstić information content (AvgIpc) is 3.35. The number of phenols is 1. The van der Waals surface area contributed by atoms with Crippen molar-refractivity contribution in [2.75, 3.05) is 0 Å². The molecule has 232 valence electrons. The predicted octanol–water partition coefficient (Wildman–Crippen LogP) is 6.55. The number of ketones is 2.